The van der Waals surface area contributed by atoms with E-state index in [0.29, 0.717) is 12.8 Å². The molecule has 0 saturated heterocycles. The number of carbonyl (C=O) groups excluding carboxylic acids is 2. The maximum absolute atomic E-state index is 12.8. The fourth-order valence-electron chi connectivity index (χ4n) is 5.19. The molecule has 4 N–H and O–H groups in total. The molecule has 2 amide bonds. The van der Waals surface area contributed by atoms with Crippen molar-refractivity contribution >= 4 is 18.0 Å². The van der Waals surface area contributed by atoms with Crippen LogP contribution in [-0.2, 0) is 14.3 Å². The lowest BCUT2D eigenvalue weighted by atomic mass is 9.92. The van der Waals surface area contributed by atoms with Gasteiger partial charge in [-0.1, -0.05) is 61.4 Å². The second-order valence-electron chi connectivity index (χ2n) is 9.09. The van der Waals surface area contributed by atoms with Gasteiger partial charge in [0, 0.05) is 25.4 Å². The van der Waals surface area contributed by atoms with Crippen LogP contribution in [-0.4, -0.2) is 53.0 Å². The predicted octanol–water partition coefficient (Wildman–Crippen LogP) is 3.18. The van der Waals surface area contributed by atoms with Crippen molar-refractivity contribution in [1.82, 2.24) is 10.6 Å². The number of rotatable bonds is 9. The number of fused-ring (bicyclic) bond motifs is 3. The van der Waals surface area contributed by atoms with E-state index in [9.17, 15) is 19.5 Å². The highest BCUT2D eigenvalue weighted by atomic mass is 16.5. The van der Waals surface area contributed by atoms with E-state index >= 15 is 0 Å². The van der Waals surface area contributed by atoms with Gasteiger partial charge >= 0.3 is 12.1 Å². The fraction of sp³-hybridized carbons (Fsp3) is 0.423. The number of aliphatic hydroxyl groups is 1. The summed E-state index contributed by atoms with van der Waals surface area (Å²) in [6, 6.07) is 15.0. The first kappa shape index (κ1) is 23.8. The molecule has 4 rings (SSSR count). The molecule has 2 aromatic rings. The number of alkyl carbamates (subject to hydrolysis) is 1. The van der Waals surface area contributed by atoms with Crippen molar-refractivity contribution in [3.63, 3.8) is 0 Å². The van der Waals surface area contributed by atoms with E-state index in [1.54, 1.807) is 0 Å². The molecule has 1 fully saturated rings. The summed E-state index contributed by atoms with van der Waals surface area (Å²) in [7, 11) is 0. The van der Waals surface area contributed by atoms with Crippen LogP contribution in [0.1, 0.15) is 55.6 Å². The predicted molar refractivity (Wildman–Crippen MR) is 125 cm³/mol. The number of carboxylic acids is 1. The minimum Gasteiger partial charge on any atom is -0.480 e. The van der Waals surface area contributed by atoms with Crippen molar-refractivity contribution in [2.24, 2.45) is 0 Å². The molecule has 2 aromatic carbocycles. The van der Waals surface area contributed by atoms with Gasteiger partial charge in [-0.15, -0.1) is 0 Å². The number of benzene rings is 2. The Morgan fingerprint density at radius 3 is 2.15 bits per heavy atom. The summed E-state index contributed by atoms with van der Waals surface area (Å²) in [5.41, 5.74) is 3.76. The normalized spacial score (nSPS) is 16.9. The van der Waals surface area contributed by atoms with Gasteiger partial charge in [0.15, 0.2) is 0 Å². The standard InChI is InChI=1S/C26H30N2O6/c29-14-11-22(24(31)32)27-23(30)15-26(12-5-6-13-26)28-25(33)34-16-21-19-9-3-1-7-17(19)18-8-2-4-10-20(18)21/h1-4,7-10,21-22,29H,5-6,11-16H2,(H,27,30)(H,28,33)(H,31,32)/t22-/m1/s1. The second kappa shape index (κ2) is 10.3. The maximum Gasteiger partial charge on any atom is 0.407 e. The Hall–Kier alpha value is -3.39. The monoisotopic (exact) mass is 466 g/mol. The van der Waals surface area contributed by atoms with Crippen LogP contribution in [0.5, 0.6) is 0 Å². The molecule has 8 nitrogen and oxygen atoms in total. The van der Waals surface area contributed by atoms with E-state index in [1.807, 2.05) is 24.3 Å². The Kier molecular flexibility index (Phi) is 7.17. The van der Waals surface area contributed by atoms with Crippen molar-refractivity contribution in [3.8, 4) is 11.1 Å². The van der Waals surface area contributed by atoms with Gasteiger partial charge in [-0.3, -0.25) is 4.79 Å². The van der Waals surface area contributed by atoms with E-state index in [4.69, 9.17) is 9.84 Å². The van der Waals surface area contributed by atoms with Gasteiger partial charge in [-0.2, -0.15) is 0 Å². The van der Waals surface area contributed by atoms with Crippen LogP contribution in [0, 0.1) is 0 Å². The molecule has 0 unspecified atom stereocenters. The third-order valence-electron chi connectivity index (χ3n) is 6.82. The molecule has 0 aliphatic heterocycles. The quantitative estimate of drug-likeness (QED) is 0.450. The molecule has 34 heavy (non-hydrogen) atoms. The molecule has 8 heteroatoms. The van der Waals surface area contributed by atoms with Crippen LogP contribution < -0.4 is 10.6 Å². The third kappa shape index (κ3) is 5.07. The Bertz CT molecular complexity index is 1020. The summed E-state index contributed by atoms with van der Waals surface area (Å²) >= 11 is 0. The number of hydrogen-bond acceptors (Lipinski definition) is 5. The van der Waals surface area contributed by atoms with Gasteiger partial charge in [0.25, 0.3) is 0 Å². The van der Waals surface area contributed by atoms with E-state index in [2.05, 4.69) is 34.9 Å². The van der Waals surface area contributed by atoms with Crippen LogP contribution in [0.4, 0.5) is 4.79 Å². The molecule has 2 aliphatic carbocycles. The molecule has 0 bridgehead atoms. The number of amides is 2. The van der Waals surface area contributed by atoms with Crippen LogP contribution in [0.3, 0.4) is 0 Å². The van der Waals surface area contributed by atoms with E-state index in [0.717, 1.165) is 35.1 Å². The molecule has 0 aromatic heterocycles. The molecule has 0 radical (unpaired) electrons. The van der Waals surface area contributed by atoms with Crippen molar-refractivity contribution in [2.75, 3.05) is 13.2 Å². The first-order chi connectivity index (χ1) is 16.4. The second-order valence-corrected chi connectivity index (χ2v) is 9.09. The van der Waals surface area contributed by atoms with Crippen LogP contribution >= 0.6 is 0 Å². The zero-order valence-electron chi connectivity index (χ0n) is 19.0. The number of carbonyl (C=O) groups is 3. The summed E-state index contributed by atoms with van der Waals surface area (Å²) in [5.74, 6) is -1.73. The van der Waals surface area contributed by atoms with Gasteiger partial charge in [0.05, 0.1) is 5.54 Å². The first-order valence-corrected chi connectivity index (χ1v) is 11.7. The molecule has 180 valence electrons. The lowest BCUT2D eigenvalue weighted by molar-refractivity contribution is -0.142. The molecular formula is C26H30N2O6. The molecule has 0 heterocycles. The zero-order chi connectivity index (χ0) is 24.1. The zero-order valence-corrected chi connectivity index (χ0v) is 19.0. The Morgan fingerprint density at radius 1 is 1.00 bits per heavy atom. The molecule has 1 atom stereocenters. The highest BCUT2D eigenvalue weighted by Gasteiger charge is 2.39. The lowest BCUT2D eigenvalue weighted by Crippen LogP contribution is -2.51. The highest BCUT2D eigenvalue weighted by molar-refractivity contribution is 5.85. The highest BCUT2D eigenvalue weighted by Crippen LogP contribution is 2.44. The minimum atomic E-state index is -1.20. The summed E-state index contributed by atoms with van der Waals surface area (Å²) in [6.45, 7) is -0.167. The molecular weight excluding hydrogens is 436 g/mol. The molecule has 2 aliphatic rings. The van der Waals surface area contributed by atoms with Crippen molar-refractivity contribution < 1.29 is 29.3 Å². The Morgan fingerprint density at radius 2 is 1.59 bits per heavy atom. The average molecular weight is 467 g/mol. The fourth-order valence-corrected chi connectivity index (χ4v) is 5.19. The SMILES string of the molecule is O=C(CC1(NC(=O)OCC2c3ccccc3-c3ccccc32)CCCC1)N[C@H](CCO)C(=O)O. The smallest absolute Gasteiger partial charge is 0.407 e. The number of carboxylic acid groups (broad SMARTS) is 1. The van der Waals surface area contributed by atoms with Crippen LogP contribution in [0.15, 0.2) is 48.5 Å². The number of ether oxygens (including phenoxy) is 1. The van der Waals surface area contributed by atoms with E-state index in [-0.39, 0.29) is 32.0 Å². The van der Waals surface area contributed by atoms with Crippen molar-refractivity contribution in [3.05, 3.63) is 59.7 Å². The van der Waals surface area contributed by atoms with Crippen LogP contribution in [0.25, 0.3) is 11.1 Å². The summed E-state index contributed by atoms with van der Waals surface area (Å²) in [5, 5.41) is 23.6. The minimum absolute atomic E-state index is 0.0353. The van der Waals surface area contributed by atoms with Crippen LogP contribution in [0.2, 0.25) is 0 Å². The summed E-state index contributed by atoms with van der Waals surface area (Å²) in [6.07, 6.45) is 2.25. The van der Waals surface area contributed by atoms with Gasteiger partial charge in [-0.25, -0.2) is 9.59 Å². The molecule has 1 saturated carbocycles. The Balaban J connectivity index is 1.39. The van der Waals surface area contributed by atoms with E-state index < -0.39 is 29.6 Å². The van der Waals surface area contributed by atoms with E-state index in [1.165, 1.54) is 0 Å². The van der Waals surface area contributed by atoms with Gasteiger partial charge < -0.3 is 25.6 Å². The number of aliphatic carboxylic acids is 1. The average Bonchev–Trinajstić information content (AvgIpc) is 3.39. The summed E-state index contributed by atoms with van der Waals surface area (Å²) in [4.78, 5) is 36.7. The van der Waals surface area contributed by atoms with Crippen molar-refractivity contribution in [2.45, 2.75) is 56.0 Å². The van der Waals surface area contributed by atoms with Gasteiger partial charge in [-0.05, 0) is 35.1 Å². The van der Waals surface area contributed by atoms with Gasteiger partial charge in [0.2, 0.25) is 5.91 Å². The molecule has 0 spiro atoms. The largest absolute Gasteiger partial charge is 0.480 e. The lowest BCUT2D eigenvalue weighted by Gasteiger charge is -2.30. The Labute approximate surface area is 198 Å². The topological polar surface area (TPSA) is 125 Å². The van der Waals surface area contributed by atoms with Crippen molar-refractivity contribution in [1.29, 1.82) is 0 Å². The number of nitrogens with one attached hydrogen (secondary N) is 2. The first-order valence-electron chi connectivity index (χ1n) is 11.7. The van der Waals surface area contributed by atoms with Gasteiger partial charge in [0.1, 0.15) is 12.6 Å². The summed E-state index contributed by atoms with van der Waals surface area (Å²) < 4.78 is 5.66. The number of aliphatic hydroxyl groups excluding tert-OH is 1. The number of hydrogen-bond donors (Lipinski definition) is 4. The maximum atomic E-state index is 12.8. The third-order valence-corrected chi connectivity index (χ3v) is 6.82.